The molecule has 2 rings (SSSR count). The van der Waals surface area contributed by atoms with Gasteiger partial charge in [-0.05, 0) is 33.0 Å². The normalized spacial score (nSPS) is 12.4. The number of hydrogen-bond donors (Lipinski definition) is 1. The van der Waals surface area contributed by atoms with Gasteiger partial charge in [0.2, 0.25) is 0 Å². The van der Waals surface area contributed by atoms with Gasteiger partial charge in [0.15, 0.2) is 0 Å². The Kier molecular flexibility index (Phi) is 5.02. The van der Waals surface area contributed by atoms with Crippen molar-refractivity contribution in [2.45, 2.75) is 39.7 Å². The van der Waals surface area contributed by atoms with Crippen LogP contribution in [0.1, 0.15) is 41.3 Å². The van der Waals surface area contributed by atoms with E-state index < -0.39 is 0 Å². The minimum absolute atomic E-state index is 0.115. The quantitative estimate of drug-likeness (QED) is 0.885. The molecule has 114 valence electrons. The molecule has 0 amide bonds. The fourth-order valence-electron chi connectivity index (χ4n) is 2.59. The van der Waals surface area contributed by atoms with Gasteiger partial charge in [-0.3, -0.25) is 4.98 Å². The van der Waals surface area contributed by atoms with Gasteiger partial charge in [0.1, 0.15) is 17.3 Å². The highest BCUT2D eigenvalue weighted by Gasteiger charge is 2.18. The molecule has 2 aromatic rings. The number of pyridine rings is 1. The number of furan rings is 1. The molecule has 1 N–H and O–H groups in total. The summed E-state index contributed by atoms with van der Waals surface area (Å²) in [6.07, 6.45) is 3.55. The predicted octanol–water partition coefficient (Wildman–Crippen LogP) is 3.37. The molecule has 1 unspecified atom stereocenters. The van der Waals surface area contributed by atoms with Crippen LogP contribution >= 0.6 is 0 Å². The lowest BCUT2D eigenvalue weighted by Crippen LogP contribution is -2.19. The molecule has 2 aromatic heterocycles. The highest BCUT2D eigenvalue weighted by atomic mass is 16.5. The first-order chi connectivity index (χ1) is 10.1. The Balaban J connectivity index is 2.26. The number of nitrogens with one attached hydrogen (secondary N) is 1. The van der Waals surface area contributed by atoms with Gasteiger partial charge >= 0.3 is 0 Å². The molecular formula is C17H24N2O2. The van der Waals surface area contributed by atoms with E-state index in [1.165, 1.54) is 0 Å². The topological polar surface area (TPSA) is 47.3 Å². The molecule has 0 saturated carbocycles. The lowest BCUT2D eigenvalue weighted by Gasteiger charge is -2.17. The van der Waals surface area contributed by atoms with E-state index in [0.717, 1.165) is 46.9 Å². The number of ether oxygens (including phenoxy) is 1. The predicted molar refractivity (Wildman–Crippen MR) is 83.9 cm³/mol. The number of likely N-dealkylation sites (N-methyl/N-ethyl adjacent to an activating group) is 1. The summed E-state index contributed by atoms with van der Waals surface area (Å²) < 4.78 is 11.3. The van der Waals surface area contributed by atoms with E-state index in [1.54, 1.807) is 7.11 Å². The number of hydrogen-bond acceptors (Lipinski definition) is 4. The zero-order valence-corrected chi connectivity index (χ0v) is 13.5. The number of aromatic nitrogens is 1. The first kappa shape index (κ1) is 15.6. The number of nitrogens with zero attached hydrogens (tertiary/aromatic N) is 1. The Morgan fingerprint density at radius 1 is 1.33 bits per heavy atom. The van der Waals surface area contributed by atoms with Gasteiger partial charge in [-0.2, -0.15) is 0 Å². The first-order valence-corrected chi connectivity index (χ1v) is 7.35. The molecule has 0 spiro atoms. The average molecular weight is 288 g/mol. The van der Waals surface area contributed by atoms with Crippen LogP contribution in [-0.4, -0.2) is 19.1 Å². The summed E-state index contributed by atoms with van der Waals surface area (Å²) >= 11 is 0. The second-order valence-corrected chi connectivity index (χ2v) is 5.25. The highest BCUT2D eigenvalue weighted by Crippen LogP contribution is 2.27. The molecule has 0 fully saturated rings. The Hall–Kier alpha value is -1.81. The largest absolute Gasteiger partial charge is 0.496 e. The van der Waals surface area contributed by atoms with E-state index in [0.29, 0.717) is 0 Å². The van der Waals surface area contributed by atoms with Crippen LogP contribution in [0.5, 0.6) is 5.75 Å². The van der Waals surface area contributed by atoms with Crippen molar-refractivity contribution in [2.75, 3.05) is 14.2 Å². The van der Waals surface area contributed by atoms with Crippen molar-refractivity contribution in [3.63, 3.8) is 0 Å². The van der Waals surface area contributed by atoms with Crippen LogP contribution in [0.2, 0.25) is 0 Å². The van der Waals surface area contributed by atoms with Crippen molar-refractivity contribution < 1.29 is 9.15 Å². The van der Waals surface area contributed by atoms with Crippen LogP contribution in [0.3, 0.4) is 0 Å². The number of aryl methyl sites for hydroxylation is 2. The van der Waals surface area contributed by atoms with Crippen molar-refractivity contribution in [2.24, 2.45) is 0 Å². The number of methoxy groups -OCH3 is 1. The van der Waals surface area contributed by atoms with Crippen LogP contribution in [0.15, 0.2) is 22.7 Å². The lowest BCUT2D eigenvalue weighted by atomic mass is 10.0. The fourth-order valence-corrected chi connectivity index (χ4v) is 2.59. The molecule has 0 radical (unpaired) electrons. The minimum atomic E-state index is 0.115. The van der Waals surface area contributed by atoms with Crippen molar-refractivity contribution in [1.29, 1.82) is 0 Å². The van der Waals surface area contributed by atoms with Crippen LogP contribution in [0.4, 0.5) is 0 Å². The van der Waals surface area contributed by atoms with Crippen LogP contribution in [0, 0.1) is 13.8 Å². The zero-order valence-electron chi connectivity index (χ0n) is 13.5. The summed E-state index contributed by atoms with van der Waals surface area (Å²) in [5, 5.41) is 3.31. The van der Waals surface area contributed by atoms with Gasteiger partial charge in [-0.1, -0.05) is 6.92 Å². The van der Waals surface area contributed by atoms with Gasteiger partial charge in [-0.25, -0.2) is 0 Å². The first-order valence-electron chi connectivity index (χ1n) is 7.35. The lowest BCUT2D eigenvalue weighted by molar-refractivity contribution is 0.397. The molecule has 2 heterocycles. The Morgan fingerprint density at radius 2 is 2.10 bits per heavy atom. The van der Waals surface area contributed by atoms with Crippen molar-refractivity contribution in [3.8, 4) is 5.75 Å². The SMILES string of the molecule is CCc1ccc(C(Cc2ncc(C)c(OC)c2C)NC)o1. The minimum Gasteiger partial charge on any atom is -0.496 e. The second-order valence-electron chi connectivity index (χ2n) is 5.25. The average Bonchev–Trinajstić information content (AvgIpc) is 2.96. The summed E-state index contributed by atoms with van der Waals surface area (Å²) in [6, 6.07) is 4.19. The van der Waals surface area contributed by atoms with Crippen LogP contribution in [0.25, 0.3) is 0 Å². The molecule has 0 aliphatic carbocycles. The third kappa shape index (κ3) is 3.27. The Labute approximate surface area is 126 Å². The standard InChI is InChI=1S/C17H24N2O2/c1-6-13-7-8-16(21-13)15(18-4)9-14-12(3)17(20-5)11(2)10-19-14/h7-8,10,15,18H,6,9H2,1-5H3. The second kappa shape index (κ2) is 6.76. The molecule has 1 atom stereocenters. The van der Waals surface area contributed by atoms with Crippen molar-refractivity contribution in [1.82, 2.24) is 10.3 Å². The molecule has 0 bridgehead atoms. The van der Waals surface area contributed by atoms with E-state index in [2.05, 4.69) is 24.1 Å². The third-order valence-corrected chi connectivity index (χ3v) is 3.87. The Bertz CT molecular complexity index is 605. The molecule has 0 aliphatic heterocycles. The molecular weight excluding hydrogens is 264 g/mol. The molecule has 0 aromatic carbocycles. The summed E-state index contributed by atoms with van der Waals surface area (Å²) in [5.74, 6) is 2.88. The van der Waals surface area contributed by atoms with E-state index in [1.807, 2.05) is 32.3 Å². The molecule has 0 saturated heterocycles. The van der Waals surface area contributed by atoms with Gasteiger partial charge in [0.25, 0.3) is 0 Å². The van der Waals surface area contributed by atoms with E-state index in [-0.39, 0.29) is 6.04 Å². The van der Waals surface area contributed by atoms with Crippen LogP contribution in [-0.2, 0) is 12.8 Å². The monoisotopic (exact) mass is 288 g/mol. The van der Waals surface area contributed by atoms with E-state index >= 15 is 0 Å². The molecule has 0 aliphatic rings. The summed E-state index contributed by atoms with van der Waals surface area (Å²) in [4.78, 5) is 4.56. The maximum atomic E-state index is 5.86. The van der Waals surface area contributed by atoms with Gasteiger partial charge in [0.05, 0.1) is 13.2 Å². The fraction of sp³-hybridized carbons (Fsp3) is 0.471. The summed E-state index contributed by atoms with van der Waals surface area (Å²) in [6.45, 7) is 6.16. The van der Waals surface area contributed by atoms with Crippen molar-refractivity contribution >= 4 is 0 Å². The van der Waals surface area contributed by atoms with Crippen molar-refractivity contribution in [3.05, 3.63) is 46.7 Å². The van der Waals surface area contributed by atoms with Gasteiger partial charge < -0.3 is 14.5 Å². The highest BCUT2D eigenvalue weighted by molar-refractivity contribution is 5.41. The van der Waals surface area contributed by atoms with E-state index in [9.17, 15) is 0 Å². The molecule has 21 heavy (non-hydrogen) atoms. The van der Waals surface area contributed by atoms with Crippen LogP contribution < -0.4 is 10.1 Å². The maximum Gasteiger partial charge on any atom is 0.128 e. The zero-order chi connectivity index (χ0) is 15.4. The molecule has 4 heteroatoms. The summed E-state index contributed by atoms with van der Waals surface area (Å²) in [5.41, 5.74) is 3.19. The Morgan fingerprint density at radius 3 is 2.67 bits per heavy atom. The van der Waals surface area contributed by atoms with Gasteiger partial charge in [0, 0.05) is 35.9 Å². The summed E-state index contributed by atoms with van der Waals surface area (Å²) in [7, 11) is 3.65. The third-order valence-electron chi connectivity index (χ3n) is 3.87. The maximum absolute atomic E-state index is 5.86. The smallest absolute Gasteiger partial charge is 0.128 e. The van der Waals surface area contributed by atoms with E-state index in [4.69, 9.17) is 9.15 Å². The molecule has 4 nitrogen and oxygen atoms in total. The number of rotatable bonds is 6. The van der Waals surface area contributed by atoms with Gasteiger partial charge in [-0.15, -0.1) is 0 Å².